The summed E-state index contributed by atoms with van der Waals surface area (Å²) >= 11 is 0. The monoisotopic (exact) mass is 360 g/mol. The molecule has 0 bridgehead atoms. The minimum absolute atomic E-state index is 0.115. The molecule has 0 atom stereocenters. The maximum absolute atomic E-state index is 12.9. The van der Waals surface area contributed by atoms with Crippen molar-refractivity contribution in [2.75, 3.05) is 63.7 Å². The van der Waals surface area contributed by atoms with Crippen LogP contribution in [0.15, 0.2) is 18.2 Å². The van der Waals surface area contributed by atoms with E-state index in [4.69, 9.17) is 4.74 Å². The summed E-state index contributed by atoms with van der Waals surface area (Å²) in [6, 6.07) is 2.75. The summed E-state index contributed by atoms with van der Waals surface area (Å²) in [4.78, 5) is 15.8. The second-order valence-corrected chi connectivity index (χ2v) is 5.96. The molecule has 0 aromatic heterocycles. The van der Waals surface area contributed by atoms with Crippen molar-refractivity contribution in [3.63, 3.8) is 0 Å². The van der Waals surface area contributed by atoms with Gasteiger partial charge in [-0.1, -0.05) is 0 Å². The molecular weight excluding hydrogens is 337 g/mol. The van der Waals surface area contributed by atoms with Gasteiger partial charge in [0, 0.05) is 40.3 Å². The molecule has 0 radical (unpaired) electrons. The van der Waals surface area contributed by atoms with Crippen LogP contribution in [0.3, 0.4) is 0 Å². The first-order valence-electron chi connectivity index (χ1n) is 8.01. The van der Waals surface area contributed by atoms with Crippen molar-refractivity contribution in [2.24, 2.45) is 0 Å². The number of morpholine rings is 1. The van der Waals surface area contributed by atoms with E-state index in [0.29, 0.717) is 32.0 Å². The van der Waals surface area contributed by atoms with Crippen molar-refractivity contribution in [3.05, 3.63) is 23.8 Å². The molecule has 2 N–H and O–H groups in total. The Morgan fingerprint density at radius 3 is 2.56 bits per heavy atom. The van der Waals surface area contributed by atoms with Gasteiger partial charge in [0.15, 0.2) is 0 Å². The van der Waals surface area contributed by atoms with E-state index in [9.17, 15) is 18.0 Å². The lowest BCUT2D eigenvalue weighted by Crippen LogP contribution is -2.42. The molecule has 1 aromatic carbocycles. The molecule has 1 saturated heterocycles. The fourth-order valence-corrected chi connectivity index (χ4v) is 2.52. The molecule has 0 saturated carbocycles. The Kier molecular flexibility index (Phi) is 6.49. The van der Waals surface area contributed by atoms with Gasteiger partial charge < -0.3 is 20.3 Å². The first kappa shape index (κ1) is 19.3. The lowest BCUT2D eigenvalue weighted by molar-refractivity contribution is -0.137. The molecule has 0 aliphatic carbocycles. The van der Waals surface area contributed by atoms with E-state index in [2.05, 4.69) is 15.5 Å². The Hall–Kier alpha value is -2.00. The highest BCUT2D eigenvalue weighted by Crippen LogP contribution is 2.34. The number of hydrogen-bond donors (Lipinski definition) is 2. The minimum Gasteiger partial charge on any atom is -0.379 e. The Labute approximate surface area is 144 Å². The number of nitrogens with zero attached hydrogens (tertiary/aromatic N) is 2. The summed E-state index contributed by atoms with van der Waals surface area (Å²) in [5.41, 5.74) is -0.193. The highest BCUT2D eigenvalue weighted by molar-refractivity contribution is 5.93. The smallest absolute Gasteiger partial charge is 0.379 e. The normalized spacial score (nSPS) is 15.7. The number of urea groups is 1. The predicted molar refractivity (Wildman–Crippen MR) is 90.1 cm³/mol. The average molecular weight is 360 g/mol. The van der Waals surface area contributed by atoms with Gasteiger partial charge in [0.05, 0.1) is 30.2 Å². The van der Waals surface area contributed by atoms with E-state index in [1.54, 1.807) is 19.0 Å². The molecule has 140 valence electrons. The quantitative estimate of drug-likeness (QED) is 0.846. The molecule has 1 aromatic rings. The number of ether oxygens (including phenoxy) is 1. The predicted octanol–water partition coefficient (Wildman–Crippen LogP) is 2.23. The Morgan fingerprint density at radius 1 is 1.28 bits per heavy atom. The third kappa shape index (κ3) is 5.79. The molecule has 9 heteroatoms. The maximum atomic E-state index is 12.9. The maximum Gasteiger partial charge on any atom is 0.416 e. The number of benzene rings is 1. The molecule has 6 nitrogen and oxygen atoms in total. The standard InChI is InChI=1S/C16H23F3N4O2/c1-22(2)14-4-3-12(16(17,18)19)11-13(14)21-15(24)20-5-6-23-7-9-25-10-8-23/h3-4,11H,5-10H2,1-2H3,(H2,20,21,24). The number of anilines is 2. The molecule has 1 aliphatic rings. The van der Waals surface area contributed by atoms with Gasteiger partial charge in [-0.15, -0.1) is 0 Å². The van der Waals surface area contributed by atoms with Crippen LogP contribution in [0.5, 0.6) is 0 Å². The molecule has 1 fully saturated rings. The van der Waals surface area contributed by atoms with E-state index in [0.717, 1.165) is 25.2 Å². The van der Waals surface area contributed by atoms with E-state index in [1.165, 1.54) is 6.07 Å². The van der Waals surface area contributed by atoms with E-state index >= 15 is 0 Å². The molecule has 0 spiro atoms. The van der Waals surface area contributed by atoms with Crippen LogP contribution in [0.1, 0.15) is 5.56 Å². The number of amides is 2. The summed E-state index contributed by atoms with van der Waals surface area (Å²) in [6.07, 6.45) is -4.46. The van der Waals surface area contributed by atoms with Crippen molar-refractivity contribution in [3.8, 4) is 0 Å². The van der Waals surface area contributed by atoms with E-state index in [1.807, 2.05) is 0 Å². The first-order chi connectivity index (χ1) is 11.8. The number of halogens is 3. The second-order valence-electron chi connectivity index (χ2n) is 5.96. The first-order valence-corrected chi connectivity index (χ1v) is 8.01. The summed E-state index contributed by atoms with van der Waals surface area (Å²) in [6.45, 7) is 4.02. The van der Waals surface area contributed by atoms with Crippen molar-refractivity contribution >= 4 is 17.4 Å². The third-order valence-electron chi connectivity index (χ3n) is 3.87. The number of nitrogens with one attached hydrogen (secondary N) is 2. The van der Waals surface area contributed by atoms with Crippen molar-refractivity contribution < 1.29 is 22.7 Å². The zero-order chi connectivity index (χ0) is 18.4. The van der Waals surface area contributed by atoms with Crippen LogP contribution in [0.4, 0.5) is 29.3 Å². The number of carbonyl (C=O) groups is 1. The van der Waals surface area contributed by atoms with Gasteiger partial charge in [0.1, 0.15) is 0 Å². The van der Waals surface area contributed by atoms with Gasteiger partial charge in [0.2, 0.25) is 0 Å². The Bertz CT molecular complexity index is 587. The van der Waals surface area contributed by atoms with Crippen LogP contribution >= 0.6 is 0 Å². The Morgan fingerprint density at radius 2 is 1.96 bits per heavy atom. The van der Waals surface area contributed by atoms with Gasteiger partial charge in [-0.25, -0.2) is 4.79 Å². The molecule has 1 aliphatic heterocycles. The van der Waals surface area contributed by atoms with Crippen LogP contribution in [-0.4, -0.2) is 64.4 Å². The largest absolute Gasteiger partial charge is 0.416 e. The molecule has 0 unspecified atom stereocenters. The topological polar surface area (TPSA) is 56.8 Å². The molecule has 2 amide bonds. The van der Waals surface area contributed by atoms with Crippen LogP contribution in [0, 0.1) is 0 Å². The van der Waals surface area contributed by atoms with Crippen LogP contribution in [0.25, 0.3) is 0 Å². The second kappa shape index (κ2) is 8.39. The summed E-state index contributed by atoms with van der Waals surface area (Å²) in [5, 5.41) is 5.18. The van der Waals surface area contributed by atoms with Gasteiger partial charge in [-0.05, 0) is 18.2 Å². The highest BCUT2D eigenvalue weighted by Gasteiger charge is 2.31. The van der Waals surface area contributed by atoms with E-state index in [-0.39, 0.29) is 5.69 Å². The van der Waals surface area contributed by atoms with Crippen LogP contribution < -0.4 is 15.5 Å². The van der Waals surface area contributed by atoms with Crippen molar-refractivity contribution in [1.29, 1.82) is 0 Å². The molecular formula is C16H23F3N4O2. The SMILES string of the molecule is CN(C)c1ccc(C(F)(F)F)cc1NC(=O)NCCN1CCOCC1. The van der Waals surface area contributed by atoms with Crippen molar-refractivity contribution in [2.45, 2.75) is 6.18 Å². The highest BCUT2D eigenvalue weighted by atomic mass is 19.4. The van der Waals surface area contributed by atoms with Crippen molar-refractivity contribution in [1.82, 2.24) is 10.2 Å². The number of alkyl halides is 3. The van der Waals surface area contributed by atoms with Gasteiger partial charge in [-0.3, -0.25) is 4.90 Å². The zero-order valence-electron chi connectivity index (χ0n) is 14.3. The summed E-state index contributed by atoms with van der Waals surface area (Å²) in [5.74, 6) is 0. The Balaban J connectivity index is 1.95. The number of rotatable bonds is 5. The lowest BCUT2D eigenvalue weighted by Gasteiger charge is -2.26. The van der Waals surface area contributed by atoms with Crippen LogP contribution in [-0.2, 0) is 10.9 Å². The minimum atomic E-state index is -4.46. The molecule has 1 heterocycles. The van der Waals surface area contributed by atoms with E-state index < -0.39 is 17.8 Å². The fraction of sp³-hybridized carbons (Fsp3) is 0.562. The molecule has 2 rings (SSSR count). The number of hydrogen-bond acceptors (Lipinski definition) is 4. The van der Waals surface area contributed by atoms with Crippen LogP contribution in [0.2, 0.25) is 0 Å². The zero-order valence-corrected chi connectivity index (χ0v) is 14.3. The lowest BCUT2D eigenvalue weighted by atomic mass is 10.1. The van der Waals surface area contributed by atoms with Gasteiger partial charge in [0.25, 0.3) is 0 Å². The number of carbonyl (C=O) groups excluding carboxylic acids is 1. The van der Waals surface area contributed by atoms with Gasteiger partial charge in [-0.2, -0.15) is 13.2 Å². The fourth-order valence-electron chi connectivity index (χ4n) is 2.52. The summed E-state index contributed by atoms with van der Waals surface area (Å²) < 4.78 is 43.9. The summed E-state index contributed by atoms with van der Waals surface area (Å²) in [7, 11) is 3.40. The molecule has 25 heavy (non-hydrogen) atoms. The third-order valence-corrected chi connectivity index (χ3v) is 3.87. The van der Waals surface area contributed by atoms with Gasteiger partial charge >= 0.3 is 12.2 Å². The average Bonchev–Trinajstić information content (AvgIpc) is 2.54.